The van der Waals surface area contributed by atoms with Crippen LogP contribution in [0.25, 0.3) is 0 Å². The molecule has 1 aromatic carbocycles. The van der Waals surface area contributed by atoms with Crippen molar-refractivity contribution in [1.82, 2.24) is 0 Å². The van der Waals surface area contributed by atoms with E-state index in [0.29, 0.717) is 18.0 Å². The highest BCUT2D eigenvalue weighted by Crippen LogP contribution is 2.41. The Morgan fingerprint density at radius 1 is 1.36 bits per heavy atom. The second-order valence-electron chi connectivity index (χ2n) is 5.12. The second-order valence-corrected chi connectivity index (χ2v) is 5.12. The van der Waals surface area contributed by atoms with Crippen LogP contribution in [0.3, 0.4) is 0 Å². The third kappa shape index (κ3) is 2.93. The van der Waals surface area contributed by atoms with Crippen molar-refractivity contribution in [2.45, 2.75) is 12.8 Å². The van der Waals surface area contributed by atoms with E-state index >= 15 is 0 Å². The van der Waals surface area contributed by atoms with Gasteiger partial charge in [-0.3, -0.25) is 9.59 Å². The smallest absolute Gasteiger partial charge is 0.316 e. The maximum Gasteiger partial charge on any atom is 0.316 e. The summed E-state index contributed by atoms with van der Waals surface area (Å²) in [5.74, 6) is -1.78. The number of aliphatic carboxylic acids is 1. The highest BCUT2D eigenvalue weighted by molar-refractivity contribution is 5.96. The van der Waals surface area contributed by atoms with Crippen LogP contribution in [-0.4, -0.2) is 44.3 Å². The molecule has 0 fully saturated rings. The molecule has 0 radical (unpaired) electrons. The molecule has 2 rings (SSSR count). The molecular formula is C15H20N2O5. The van der Waals surface area contributed by atoms with E-state index in [2.05, 4.69) is 0 Å². The van der Waals surface area contributed by atoms with Gasteiger partial charge in [-0.2, -0.15) is 0 Å². The number of hydrogen-bond donors (Lipinski definition) is 2. The number of rotatable bonds is 7. The predicted octanol–water partition coefficient (Wildman–Crippen LogP) is 0.643. The van der Waals surface area contributed by atoms with Gasteiger partial charge in [-0.05, 0) is 25.0 Å². The lowest BCUT2D eigenvalue weighted by Crippen LogP contribution is -2.34. The van der Waals surface area contributed by atoms with Crippen LogP contribution in [-0.2, 0) is 16.0 Å². The highest BCUT2D eigenvalue weighted by atomic mass is 16.5. The zero-order valence-electron chi connectivity index (χ0n) is 12.7. The normalized spacial score (nSPS) is 14.4. The molecule has 1 heterocycles. The molecule has 1 amide bonds. The van der Waals surface area contributed by atoms with Gasteiger partial charge >= 0.3 is 5.97 Å². The lowest BCUT2D eigenvalue weighted by molar-refractivity contribution is -0.146. The molecule has 22 heavy (non-hydrogen) atoms. The van der Waals surface area contributed by atoms with Gasteiger partial charge in [0, 0.05) is 24.3 Å². The third-order valence-corrected chi connectivity index (χ3v) is 3.93. The van der Waals surface area contributed by atoms with E-state index in [1.807, 2.05) is 17.0 Å². The van der Waals surface area contributed by atoms with Crippen molar-refractivity contribution in [3.63, 3.8) is 0 Å². The predicted molar refractivity (Wildman–Crippen MR) is 80.4 cm³/mol. The van der Waals surface area contributed by atoms with Gasteiger partial charge < -0.3 is 25.2 Å². The van der Waals surface area contributed by atoms with Crippen molar-refractivity contribution in [3.8, 4) is 11.5 Å². The Balaban J connectivity index is 2.16. The van der Waals surface area contributed by atoms with Crippen LogP contribution in [0.2, 0.25) is 0 Å². The number of anilines is 1. The van der Waals surface area contributed by atoms with Crippen LogP contribution in [0.5, 0.6) is 11.5 Å². The summed E-state index contributed by atoms with van der Waals surface area (Å²) in [6.07, 6.45) is 0.961. The maximum atomic E-state index is 11.2. The average molecular weight is 308 g/mol. The topological polar surface area (TPSA) is 102 Å². The van der Waals surface area contributed by atoms with Crippen LogP contribution < -0.4 is 20.1 Å². The Morgan fingerprint density at radius 3 is 2.64 bits per heavy atom. The van der Waals surface area contributed by atoms with Gasteiger partial charge in [0.05, 0.1) is 14.2 Å². The van der Waals surface area contributed by atoms with Crippen LogP contribution in [0.4, 0.5) is 5.69 Å². The van der Waals surface area contributed by atoms with E-state index < -0.39 is 17.8 Å². The number of nitrogens with two attached hydrogens (primary N) is 1. The zero-order valence-corrected chi connectivity index (χ0v) is 12.7. The monoisotopic (exact) mass is 308 g/mol. The van der Waals surface area contributed by atoms with E-state index in [4.69, 9.17) is 20.3 Å². The molecule has 0 saturated carbocycles. The van der Waals surface area contributed by atoms with Crippen molar-refractivity contribution < 1.29 is 24.2 Å². The largest absolute Gasteiger partial charge is 0.493 e. The van der Waals surface area contributed by atoms with Crippen molar-refractivity contribution in [2.75, 3.05) is 32.2 Å². The van der Waals surface area contributed by atoms with Crippen LogP contribution in [0.15, 0.2) is 12.1 Å². The number of methoxy groups -OCH3 is 2. The summed E-state index contributed by atoms with van der Waals surface area (Å²) in [4.78, 5) is 24.2. The molecule has 0 saturated heterocycles. The van der Waals surface area contributed by atoms with Gasteiger partial charge in [0.15, 0.2) is 11.5 Å². The molecule has 3 N–H and O–H groups in total. The van der Waals surface area contributed by atoms with Crippen LogP contribution in [0, 0.1) is 5.92 Å². The number of benzene rings is 1. The quantitative estimate of drug-likeness (QED) is 0.717. The number of primary amides is 1. The standard InChI is InChI=1S/C15H20N2O5/c1-21-12-4-3-11-9(13(12)22-2)5-7-17(11)8-6-10(14(16)18)15(19)20/h3-4,10H,5-8H2,1-2H3,(H2,16,18)(H,19,20). The fourth-order valence-corrected chi connectivity index (χ4v) is 2.79. The number of amides is 1. The molecule has 1 atom stereocenters. The van der Waals surface area contributed by atoms with Crippen LogP contribution in [0.1, 0.15) is 12.0 Å². The summed E-state index contributed by atoms with van der Waals surface area (Å²) in [5, 5.41) is 9.01. The first-order valence-electron chi connectivity index (χ1n) is 7.00. The minimum absolute atomic E-state index is 0.179. The molecule has 1 unspecified atom stereocenters. The molecule has 0 spiro atoms. The number of hydrogen-bond acceptors (Lipinski definition) is 5. The van der Waals surface area contributed by atoms with E-state index in [-0.39, 0.29) is 6.42 Å². The van der Waals surface area contributed by atoms with Crippen LogP contribution >= 0.6 is 0 Å². The third-order valence-electron chi connectivity index (χ3n) is 3.93. The fourth-order valence-electron chi connectivity index (χ4n) is 2.79. The SMILES string of the molecule is COc1ccc2c(c1OC)CCN2CCC(C(N)=O)C(=O)O. The first-order chi connectivity index (χ1) is 10.5. The van der Waals surface area contributed by atoms with E-state index in [1.54, 1.807) is 14.2 Å². The maximum absolute atomic E-state index is 11.2. The minimum atomic E-state index is -1.18. The summed E-state index contributed by atoms with van der Waals surface area (Å²) in [6, 6.07) is 3.74. The fraction of sp³-hybridized carbons (Fsp3) is 0.467. The number of nitrogens with zero attached hydrogens (tertiary/aromatic N) is 1. The Bertz CT molecular complexity index is 574. The molecule has 0 aliphatic carbocycles. The first-order valence-corrected chi connectivity index (χ1v) is 7.00. The van der Waals surface area contributed by atoms with Gasteiger partial charge in [0.1, 0.15) is 5.92 Å². The van der Waals surface area contributed by atoms with Crippen molar-refractivity contribution in [1.29, 1.82) is 0 Å². The first kappa shape index (κ1) is 15.9. The van der Waals surface area contributed by atoms with E-state index in [9.17, 15) is 9.59 Å². The highest BCUT2D eigenvalue weighted by Gasteiger charge is 2.28. The summed E-state index contributed by atoms with van der Waals surface area (Å²) in [6.45, 7) is 1.19. The van der Waals surface area contributed by atoms with E-state index in [1.165, 1.54) is 0 Å². The molecule has 0 bridgehead atoms. The Hall–Kier alpha value is -2.44. The summed E-state index contributed by atoms with van der Waals surface area (Å²) < 4.78 is 10.7. The van der Waals surface area contributed by atoms with Gasteiger partial charge in [0.25, 0.3) is 0 Å². The molecule has 7 nitrogen and oxygen atoms in total. The Labute approximate surface area is 128 Å². The minimum Gasteiger partial charge on any atom is -0.493 e. The second kappa shape index (κ2) is 6.55. The number of carboxylic acid groups (broad SMARTS) is 1. The number of ether oxygens (including phenoxy) is 2. The zero-order chi connectivity index (χ0) is 16.3. The van der Waals surface area contributed by atoms with Gasteiger partial charge in [-0.15, -0.1) is 0 Å². The molecule has 1 aromatic rings. The molecular weight excluding hydrogens is 288 g/mol. The number of carbonyl (C=O) groups is 2. The molecule has 120 valence electrons. The van der Waals surface area contributed by atoms with E-state index in [0.717, 1.165) is 24.2 Å². The van der Waals surface area contributed by atoms with Crippen molar-refractivity contribution >= 4 is 17.6 Å². The van der Waals surface area contributed by atoms with Crippen molar-refractivity contribution in [3.05, 3.63) is 17.7 Å². The summed E-state index contributed by atoms with van der Waals surface area (Å²) in [7, 11) is 3.18. The lowest BCUT2D eigenvalue weighted by atomic mass is 10.1. The van der Waals surface area contributed by atoms with Gasteiger partial charge in [-0.25, -0.2) is 0 Å². The number of fused-ring (bicyclic) bond motifs is 1. The number of carboxylic acids is 1. The molecule has 1 aliphatic heterocycles. The average Bonchev–Trinajstić information content (AvgIpc) is 2.88. The Kier molecular flexibility index (Phi) is 4.75. The molecule has 7 heteroatoms. The lowest BCUT2D eigenvalue weighted by Gasteiger charge is -2.21. The summed E-state index contributed by atoms with van der Waals surface area (Å²) in [5.41, 5.74) is 7.14. The molecule has 0 aromatic heterocycles. The van der Waals surface area contributed by atoms with Gasteiger partial charge in [-0.1, -0.05) is 0 Å². The number of carbonyl (C=O) groups excluding carboxylic acids is 1. The van der Waals surface area contributed by atoms with Crippen molar-refractivity contribution in [2.24, 2.45) is 11.7 Å². The molecule has 1 aliphatic rings. The van der Waals surface area contributed by atoms with Gasteiger partial charge in [0.2, 0.25) is 5.91 Å². The Morgan fingerprint density at radius 2 is 2.09 bits per heavy atom. The summed E-state index contributed by atoms with van der Waals surface area (Å²) >= 11 is 0.